The monoisotopic (exact) mass is 229 g/mol. The van der Waals surface area contributed by atoms with E-state index in [0.717, 1.165) is 25.6 Å². The third kappa shape index (κ3) is 5.86. The van der Waals surface area contributed by atoms with E-state index in [1.54, 1.807) is 0 Å². The Morgan fingerprint density at radius 2 is 1.50 bits per heavy atom. The average molecular weight is 229 g/mol. The van der Waals surface area contributed by atoms with E-state index in [9.17, 15) is 5.11 Å². The predicted octanol–water partition coefficient (Wildman–Crippen LogP) is 3.15. The van der Waals surface area contributed by atoms with Crippen LogP contribution in [0.5, 0.6) is 0 Å². The molecule has 0 radical (unpaired) electrons. The summed E-state index contributed by atoms with van der Waals surface area (Å²) in [6.07, 6.45) is 2.24. The van der Waals surface area contributed by atoms with Gasteiger partial charge in [-0.25, -0.2) is 0 Å². The molecule has 0 aliphatic carbocycles. The summed E-state index contributed by atoms with van der Waals surface area (Å²) in [5.74, 6) is 0.770. The lowest BCUT2D eigenvalue weighted by Gasteiger charge is -2.33. The van der Waals surface area contributed by atoms with Crippen molar-refractivity contribution in [3.63, 3.8) is 0 Å². The first-order valence-electron chi connectivity index (χ1n) is 6.75. The molecule has 0 amide bonds. The molecule has 1 unspecified atom stereocenters. The van der Waals surface area contributed by atoms with Gasteiger partial charge >= 0.3 is 0 Å². The van der Waals surface area contributed by atoms with Gasteiger partial charge in [0.2, 0.25) is 0 Å². The fourth-order valence-electron chi connectivity index (χ4n) is 1.76. The molecule has 98 valence electrons. The fourth-order valence-corrected chi connectivity index (χ4v) is 1.76. The zero-order valence-electron chi connectivity index (χ0n) is 12.1. The van der Waals surface area contributed by atoms with E-state index in [1.165, 1.54) is 12.8 Å². The van der Waals surface area contributed by atoms with Gasteiger partial charge in [-0.05, 0) is 17.9 Å². The van der Waals surface area contributed by atoms with Crippen LogP contribution in [-0.4, -0.2) is 35.7 Å². The molecule has 0 aliphatic rings. The maximum absolute atomic E-state index is 10.1. The van der Waals surface area contributed by atoms with Crippen LogP contribution in [0.2, 0.25) is 0 Å². The Bertz CT molecular complexity index is 170. The van der Waals surface area contributed by atoms with Crippen molar-refractivity contribution in [3.05, 3.63) is 0 Å². The predicted molar refractivity (Wildman–Crippen MR) is 71.6 cm³/mol. The summed E-state index contributed by atoms with van der Waals surface area (Å²) in [5.41, 5.74) is -0.0126. The Labute approximate surface area is 102 Å². The maximum Gasteiger partial charge on any atom is 0.0715 e. The summed E-state index contributed by atoms with van der Waals surface area (Å²) in [4.78, 5) is 2.38. The number of aliphatic hydroxyl groups excluding tert-OH is 1. The molecule has 1 atom stereocenters. The van der Waals surface area contributed by atoms with Crippen LogP contribution in [0, 0.1) is 11.3 Å². The van der Waals surface area contributed by atoms with Crippen molar-refractivity contribution in [1.29, 1.82) is 0 Å². The van der Waals surface area contributed by atoms with E-state index >= 15 is 0 Å². The second-order valence-electron chi connectivity index (χ2n) is 5.92. The lowest BCUT2D eigenvalue weighted by Crippen LogP contribution is -2.41. The smallest absolute Gasteiger partial charge is 0.0715 e. The van der Waals surface area contributed by atoms with Crippen LogP contribution in [0.25, 0.3) is 0 Å². The van der Waals surface area contributed by atoms with Gasteiger partial charge in [-0.3, -0.25) is 0 Å². The van der Waals surface area contributed by atoms with E-state index in [4.69, 9.17) is 0 Å². The van der Waals surface area contributed by atoms with Crippen molar-refractivity contribution < 1.29 is 5.11 Å². The minimum absolute atomic E-state index is 0.0126. The van der Waals surface area contributed by atoms with Crippen LogP contribution in [0.1, 0.15) is 54.4 Å². The summed E-state index contributed by atoms with van der Waals surface area (Å²) in [7, 11) is 0. The van der Waals surface area contributed by atoms with Gasteiger partial charge in [-0.1, -0.05) is 54.4 Å². The zero-order valence-corrected chi connectivity index (χ0v) is 12.1. The van der Waals surface area contributed by atoms with Gasteiger partial charge in [-0.15, -0.1) is 0 Å². The molecule has 0 aromatic carbocycles. The lowest BCUT2D eigenvalue weighted by atomic mass is 9.88. The van der Waals surface area contributed by atoms with Crippen molar-refractivity contribution >= 4 is 0 Å². The molecule has 0 fully saturated rings. The highest BCUT2D eigenvalue weighted by Gasteiger charge is 2.24. The topological polar surface area (TPSA) is 23.5 Å². The van der Waals surface area contributed by atoms with Gasteiger partial charge in [0.1, 0.15) is 0 Å². The quantitative estimate of drug-likeness (QED) is 0.725. The molecule has 0 bridgehead atoms. The number of nitrogens with zero attached hydrogens (tertiary/aromatic N) is 1. The van der Waals surface area contributed by atoms with Crippen molar-refractivity contribution in [2.75, 3.05) is 19.6 Å². The minimum Gasteiger partial charge on any atom is -0.391 e. The summed E-state index contributed by atoms with van der Waals surface area (Å²) in [5, 5.41) is 10.1. The molecule has 0 heterocycles. The molecular weight excluding hydrogens is 198 g/mol. The first-order valence-corrected chi connectivity index (χ1v) is 6.75. The Hall–Kier alpha value is -0.0800. The first kappa shape index (κ1) is 15.9. The Morgan fingerprint density at radius 1 is 1.00 bits per heavy atom. The van der Waals surface area contributed by atoms with Gasteiger partial charge in [0, 0.05) is 13.1 Å². The van der Waals surface area contributed by atoms with Crippen LogP contribution >= 0.6 is 0 Å². The molecular formula is C14H31NO. The zero-order chi connectivity index (χ0) is 12.8. The van der Waals surface area contributed by atoms with Crippen LogP contribution in [0.15, 0.2) is 0 Å². The Kier molecular flexibility index (Phi) is 7.25. The Balaban J connectivity index is 4.19. The van der Waals surface area contributed by atoms with Crippen molar-refractivity contribution in [2.45, 2.75) is 60.5 Å². The first-order chi connectivity index (χ1) is 7.35. The van der Waals surface area contributed by atoms with Gasteiger partial charge in [-0.2, -0.15) is 0 Å². The second-order valence-corrected chi connectivity index (χ2v) is 5.92. The maximum atomic E-state index is 10.1. The third-order valence-electron chi connectivity index (χ3n) is 3.55. The molecule has 16 heavy (non-hydrogen) atoms. The highest BCUT2D eigenvalue weighted by molar-refractivity contribution is 4.77. The number of hydrogen-bond acceptors (Lipinski definition) is 2. The van der Waals surface area contributed by atoms with Crippen molar-refractivity contribution in [2.24, 2.45) is 11.3 Å². The molecule has 2 heteroatoms. The van der Waals surface area contributed by atoms with Crippen molar-refractivity contribution in [3.8, 4) is 0 Å². The van der Waals surface area contributed by atoms with Gasteiger partial charge in [0.25, 0.3) is 0 Å². The SMILES string of the molecule is CCC(CC)CN(CC)CC(O)C(C)(C)C. The molecule has 0 aromatic heterocycles. The molecule has 1 N–H and O–H groups in total. The molecule has 0 spiro atoms. The van der Waals surface area contributed by atoms with Crippen LogP contribution in [0.3, 0.4) is 0 Å². The largest absolute Gasteiger partial charge is 0.391 e. The van der Waals surface area contributed by atoms with E-state index in [-0.39, 0.29) is 11.5 Å². The number of aliphatic hydroxyl groups is 1. The average Bonchev–Trinajstić information content (AvgIpc) is 2.22. The fraction of sp³-hybridized carbons (Fsp3) is 1.00. The van der Waals surface area contributed by atoms with E-state index in [0.29, 0.717) is 0 Å². The van der Waals surface area contributed by atoms with E-state index in [2.05, 4.69) is 46.4 Å². The van der Waals surface area contributed by atoms with Crippen LogP contribution < -0.4 is 0 Å². The molecule has 0 rings (SSSR count). The van der Waals surface area contributed by atoms with Crippen LogP contribution in [-0.2, 0) is 0 Å². The van der Waals surface area contributed by atoms with Gasteiger partial charge < -0.3 is 10.0 Å². The molecule has 0 aliphatic heterocycles. The summed E-state index contributed by atoms with van der Waals surface area (Å²) in [6, 6.07) is 0. The Morgan fingerprint density at radius 3 is 1.81 bits per heavy atom. The second kappa shape index (κ2) is 7.29. The van der Waals surface area contributed by atoms with Gasteiger partial charge in [0.05, 0.1) is 6.10 Å². The van der Waals surface area contributed by atoms with E-state index < -0.39 is 0 Å². The number of likely N-dealkylation sites (N-methyl/N-ethyl adjacent to an activating group) is 1. The van der Waals surface area contributed by atoms with Gasteiger partial charge in [0.15, 0.2) is 0 Å². The molecule has 0 saturated heterocycles. The highest BCUT2D eigenvalue weighted by atomic mass is 16.3. The summed E-state index contributed by atoms with van der Waals surface area (Å²) < 4.78 is 0. The molecule has 2 nitrogen and oxygen atoms in total. The summed E-state index contributed by atoms with van der Waals surface area (Å²) >= 11 is 0. The third-order valence-corrected chi connectivity index (χ3v) is 3.55. The normalized spacial score (nSPS) is 14.8. The lowest BCUT2D eigenvalue weighted by molar-refractivity contribution is 0.0253. The van der Waals surface area contributed by atoms with E-state index in [1.807, 2.05) is 0 Å². The number of rotatable bonds is 7. The van der Waals surface area contributed by atoms with Crippen LogP contribution in [0.4, 0.5) is 0 Å². The standard InChI is InChI=1S/C14H31NO/c1-7-12(8-2)10-15(9-3)11-13(16)14(4,5)6/h12-13,16H,7-11H2,1-6H3. The minimum atomic E-state index is -0.234. The molecule has 0 aromatic rings. The van der Waals surface area contributed by atoms with Crippen molar-refractivity contribution in [1.82, 2.24) is 4.90 Å². The molecule has 0 saturated carbocycles. The highest BCUT2D eigenvalue weighted by Crippen LogP contribution is 2.20. The summed E-state index contributed by atoms with van der Waals surface area (Å²) in [6.45, 7) is 15.9. The number of hydrogen-bond donors (Lipinski definition) is 1.